The molecule has 0 aliphatic heterocycles. The second-order valence-corrected chi connectivity index (χ2v) is 9.79. The number of unbranched alkanes of at least 4 members (excludes halogenated alkanes) is 2. The molecule has 1 unspecified atom stereocenters. The van der Waals surface area contributed by atoms with E-state index in [1.165, 1.54) is 66.5 Å². The van der Waals surface area contributed by atoms with Crippen LogP contribution in [0.25, 0.3) is 28.0 Å². The van der Waals surface area contributed by atoms with Crippen molar-refractivity contribution in [1.29, 1.82) is 0 Å². The molecule has 1 atom stereocenters. The van der Waals surface area contributed by atoms with Crippen LogP contribution < -0.4 is 0 Å². The maximum Gasteiger partial charge on any atom is 0.0705 e. The summed E-state index contributed by atoms with van der Waals surface area (Å²) in [6, 6.07) is 15.3. The van der Waals surface area contributed by atoms with Crippen LogP contribution in [0, 0.1) is 5.92 Å². The fourth-order valence-corrected chi connectivity index (χ4v) is 4.74. The Morgan fingerprint density at radius 3 is 2.43 bits per heavy atom. The van der Waals surface area contributed by atoms with E-state index >= 15 is 0 Å². The van der Waals surface area contributed by atoms with E-state index in [1.54, 1.807) is 0 Å². The van der Waals surface area contributed by atoms with Gasteiger partial charge in [-0.15, -0.1) is 0 Å². The van der Waals surface area contributed by atoms with Gasteiger partial charge in [-0.3, -0.25) is 9.98 Å². The third-order valence-corrected chi connectivity index (χ3v) is 6.71. The molecule has 3 heteroatoms. The van der Waals surface area contributed by atoms with Crippen molar-refractivity contribution < 1.29 is 1.43 Å². The van der Waals surface area contributed by atoms with Crippen LogP contribution in [0.15, 0.2) is 65.9 Å². The summed E-state index contributed by atoms with van der Waals surface area (Å²) in [6.45, 7) is 10.9. The largest absolute Gasteiger partial charge is 0.357 e. The first-order valence-electron chi connectivity index (χ1n) is 14.4. The first-order chi connectivity index (χ1) is 18.0. The number of hydrogen-bond acceptors (Lipinski definition) is 2. The minimum absolute atomic E-state index is 0. The van der Waals surface area contributed by atoms with Crippen LogP contribution in [-0.4, -0.2) is 22.8 Å². The van der Waals surface area contributed by atoms with Gasteiger partial charge in [0.1, 0.15) is 0 Å². The average molecular weight is 502 g/mol. The predicted molar refractivity (Wildman–Crippen MR) is 166 cm³/mol. The van der Waals surface area contributed by atoms with Gasteiger partial charge in [0.05, 0.1) is 5.69 Å². The number of aromatic nitrogens is 2. The van der Waals surface area contributed by atoms with E-state index in [-0.39, 0.29) is 1.43 Å². The molecule has 0 N–H and O–H groups in total. The minimum atomic E-state index is 0. The van der Waals surface area contributed by atoms with Crippen LogP contribution in [0.2, 0.25) is 0 Å². The van der Waals surface area contributed by atoms with Crippen LogP contribution in [0.5, 0.6) is 0 Å². The molecule has 0 spiro atoms. The second kappa shape index (κ2) is 16.7. The van der Waals surface area contributed by atoms with Crippen molar-refractivity contribution in [3.05, 3.63) is 72.2 Å². The Kier molecular flexibility index (Phi) is 13.7. The molecule has 0 aliphatic rings. The Balaban J connectivity index is 0.00000235. The topological polar surface area (TPSA) is 30.2 Å². The number of nitrogens with zero attached hydrogens (tertiary/aromatic N) is 3. The molecule has 1 aromatic carbocycles. The van der Waals surface area contributed by atoms with E-state index in [0.717, 1.165) is 30.0 Å². The van der Waals surface area contributed by atoms with E-state index in [4.69, 9.17) is 4.98 Å². The second-order valence-electron chi connectivity index (χ2n) is 9.79. The zero-order valence-electron chi connectivity index (χ0n) is 24.4. The van der Waals surface area contributed by atoms with E-state index in [9.17, 15) is 0 Å². The number of rotatable bonds is 13. The van der Waals surface area contributed by atoms with Crippen molar-refractivity contribution in [2.24, 2.45) is 18.0 Å². The van der Waals surface area contributed by atoms with Gasteiger partial charge in [-0.1, -0.05) is 97.1 Å². The molecule has 0 aliphatic carbocycles. The van der Waals surface area contributed by atoms with Crippen molar-refractivity contribution >= 4 is 11.8 Å². The Bertz CT molecular complexity index is 1130. The molecule has 202 valence electrons. The quantitative estimate of drug-likeness (QED) is 0.169. The standard InChI is InChI=1S/C32H43N3.C2H6.H2/c1-6-8-9-13-25(3)14-10-17-32-30(28(12-7-2)23-33-4)18-19-31(34-32)27-16-11-15-26(22-27)29-20-21-35(5)24-29;1-2;/h11-12,15-16,18-25H,6-10,13-14,17H2,1-5H3;1-2H3;1H/b28-12+,33-23?;;. The molecule has 0 saturated heterocycles. The minimum Gasteiger partial charge on any atom is -0.357 e. The molecule has 2 heterocycles. The lowest BCUT2D eigenvalue weighted by Crippen LogP contribution is -2.03. The highest BCUT2D eigenvalue weighted by Crippen LogP contribution is 2.29. The smallest absolute Gasteiger partial charge is 0.0705 e. The molecular formula is C34H51N3. The number of hydrogen-bond donors (Lipinski definition) is 0. The molecule has 37 heavy (non-hydrogen) atoms. The molecule has 0 radical (unpaired) electrons. The van der Waals surface area contributed by atoms with E-state index in [0.29, 0.717) is 0 Å². The number of pyridine rings is 1. The Labute approximate surface area is 228 Å². The number of benzene rings is 1. The maximum atomic E-state index is 5.23. The van der Waals surface area contributed by atoms with Crippen LogP contribution in [0.1, 0.15) is 92.2 Å². The average Bonchev–Trinajstić information content (AvgIpc) is 3.36. The predicted octanol–water partition coefficient (Wildman–Crippen LogP) is 10.1. The van der Waals surface area contributed by atoms with Gasteiger partial charge in [0.2, 0.25) is 0 Å². The molecule has 0 saturated carbocycles. The normalized spacial score (nSPS) is 12.5. The number of aryl methyl sites for hydroxylation is 2. The summed E-state index contributed by atoms with van der Waals surface area (Å²) in [7, 11) is 3.91. The first kappa shape index (κ1) is 30.3. The van der Waals surface area contributed by atoms with E-state index in [2.05, 4.69) is 98.3 Å². The van der Waals surface area contributed by atoms with Gasteiger partial charge in [0, 0.05) is 51.0 Å². The fourth-order valence-electron chi connectivity index (χ4n) is 4.74. The third kappa shape index (κ3) is 9.46. The Morgan fingerprint density at radius 2 is 1.76 bits per heavy atom. The van der Waals surface area contributed by atoms with Crippen molar-refractivity contribution in [3.63, 3.8) is 0 Å². The van der Waals surface area contributed by atoms with Gasteiger partial charge in [-0.05, 0) is 60.1 Å². The van der Waals surface area contributed by atoms with Crippen LogP contribution >= 0.6 is 0 Å². The highest BCUT2D eigenvalue weighted by molar-refractivity contribution is 6.10. The monoisotopic (exact) mass is 501 g/mol. The zero-order valence-corrected chi connectivity index (χ0v) is 24.4. The molecule has 2 aromatic heterocycles. The molecule has 3 nitrogen and oxygen atoms in total. The van der Waals surface area contributed by atoms with E-state index < -0.39 is 0 Å². The van der Waals surface area contributed by atoms with Gasteiger partial charge in [-0.2, -0.15) is 0 Å². The summed E-state index contributed by atoms with van der Waals surface area (Å²) in [5.74, 6) is 0.776. The number of aliphatic imine (C=N–C) groups is 1. The van der Waals surface area contributed by atoms with Crippen molar-refractivity contribution in [2.75, 3.05) is 7.05 Å². The SMILES string of the molecule is CC.CC/C=C(\C=NC)c1ccc(-c2cccc(-c3ccn(C)c3)c2)nc1CCCC(C)CCCCC.[HH]. The van der Waals surface area contributed by atoms with Gasteiger partial charge in [0.15, 0.2) is 0 Å². The van der Waals surface area contributed by atoms with Gasteiger partial charge in [0.25, 0.3) is 0 Å². The molecule has 0 bridgehead atoms. The van der Waals surface area contributed by atoms with Crippen LogP contribution in [-0.2, 0) is 13.5 Å². The van der Waals surface area contributed by atoms with Gasteiger partial charge < -0.3 is 4.57 Å². The lowest BCUT2D eigenvalue weighted by Gasteiger charge is -2.15. The first-order valence-corrected chi connectivity index (χ1v) is 14.4. The van der Waals surface area contributed by atoms with Crippen molar-refractivity contribution in [3.8, 4) is 22.4 Å². The molecular weight excluding hydrogens is 450 g/mol. The Morgan fingerprint density at radius 1 is 1.00 bits per heavy atom. The van der Waals surface area contributed by atoms with Crippen LogP contribution in [0.3, 0.4) is 0 Å². The summed E-state index contributed by atoms with van der Waals surface area (Å²) in [5.41, 5.74) is 8.25. The lowest BCUT2D eigenvalue weighted by atomic mass is 9.94. The molecule has 0 amide bonds. The molecule has 3 rings (SSSR count). The highest BCUT2D eigenvalue weighted by Gasteiger charge is 2.12. The molecule has 0 fully saturated rings. The fraction of sp³-hybridized carbons (Fsp3) is 0.471. The Hall–Kier alpha value is -2.94. The summed E-state index contributed by atoms with van der Waals surface area (Å²) >= 11 is 0. The van der Waals surface area contributed by atoms with E-state index in [1.807, 2.05) is 27.1 Å². The van der Waals surface area contributed by atoms with Crippen molar-refractivity contribution in [1.82, 2.24) is 9.55 Å². The highest BCUT2D eigenvalue weighted by atomic mass is 14.9. The van der Waals surface area contributed by atoms with Gasteiger partial charge >= 0.3 is 0 Å². The van der Waals surface area contributed by atoms with Gasteiger partial charge in [-0.25, -0.2) is 0 Å². The number of allylic oxidation sites excluding steroid dienone is 2. The maximum absolute atomic E-state index is 5.23. The summed E-state index contributed by atoms with van der Waals surface area (Å²) in [6.07, 6.45) is 18.2. The summed E-state index contributed by atoms with van der Waals surface area (Å²) in [5, 5.41) is 0. The molecule has 3 aromatic rings. The lowest BCUT2D eigenvalue weighted by molar-refractivity contribution is 0.449. The summed E-state index contributed by atoms with van der Waals surface area (Å²) in [4.78, 5) is 9.56. The van der Waals surface area contributed by atoms with Crippen molar-refractivity contribution in [2.45, 2.75) is 86.0 Å². The summed E-state index contributed by atoms with van der Waals surface area (Å²) < 4.78 is 2.09. The zero-order chi connectivity index (χ0) is 27.0. The van der Waals surface area contributed by atoms with Crippen LogP contribution in [0.4, 0.5) is 0 Å². The third-order valence-electron chi connectivity index (χ3n) is 6.71.